The van der Waals surface area contributed by atoms with E-state index in [4.69, 9.17) is 13.9 Å². The van der Waals surface area contributed by atoms with Crippen LogP contribution in [0.4, 0.5) is 0 Å². The summed E-state index contributed by atoms with van der Waals surface area (Å²) in [4.78, 5) is 27.1. The predicted molar refractivity (Wildman–Crippen MR) is 117 cm³/mol. The molecule has 0 radical (unpaired) electrons. The second kappa shape index (κ2) is 7.95. The third kappa shape index (κ3) is 4.08. The van der Waals surface area contributed by atoms with Crippen molar-refractivity contribution in [1.82, 2.24) is 10.2 Å². The SMILES string of the molecule is Cc1cc(OCC(=O)N[C@H]2C[C@H]3CO[C@H](C4CC4)CN3C2)c2c(C)c(C)c(=O)oc2c1. The highest BCUT2D eigenvalue weighted by Crippen LogP contribution is 2.38. The molecule has 3 atom stereocenters. The summed E-state index contributed by atoms with van der Waals surface area (Å²) in [6.07, 6.45) is 3.86. The van der Waals surface area contributed by atoms with E-state index in [9.17, 15) is 9.59 Å². The van der Waals surface area contributed by atoms with Crippen LogP contribution in [0, 0.1) is 26.7 Å². The van der Waals surface area contributed by atoms with Crippen LogP contribution >= 0.6 is 0 Å². The molecule has 1 N–H and O–H groups in total. The van der Waals surface area contributed by atoms with Gasteiger partial charge in [0.2, 0.25) is 0 Å². The van der Waals surface area contributed by atoms with Gasteiger partial charge in [-0.2, -0.15) is 0 Å². The lowest BCUT2D eigenvalue weighted by Gasteiger charge is -2.35. The fourth-order valence-electron chi connectivity index (χ4n) is 4.97. The molecule has 1 aliphatic carbocycles. The number of rotatable bonds is 5. The van der Waals surface area contributed by atoms with Gasteiger partial charge in [-0.05, 0) is 69.2 Å². The van der Waals surface area contributed by atoms with Crippen LogP contribution in [0.3, 0.4) is 0 Å². The highest BCUT2D eigenvalue weighted by atomic mass is 16.5. The molecule has 1 aromatic carbocycles. The van der Waals surface area contributed by atoms with Crippen molar-refractivity contribution < 1.29 is 18.7 Å². The predicted octanol–water partition coefficient (Wildman–Crippen LogP) is 2.46. The Morgan fingerprint density at radius 1 is 1.19 bits per heavy atom. The van der Waals surface area contributed by atoms with Gasteiger partial charge in [-0.3, -0.25) is 9.69 Å². The van der Waals surface area contributed by atoms with Gasteiger partial charge in [0.25, 0.3) is 5.91 Å². The topological polar surface area (TPSA) is 81.0 Å². The Bertz CT molecular complexity index is 1070. The first-order valence-electron chi connectivity index (χ1n) is 11.2. The number of hydrogen-bond donors (Lipinski definition) is 1. The van der Waals surface area contributed by atoms with Crippen LogP contribution < -0.4 is 15.7 Å². The van der Waals surface area contributed by atoms with Crippen LogP contribution in [0.15, 0.2) is 21.3 Å². The van der Waals surface area contributed by atoms with Crippen molar-refractivity contribution in [3.63, 3.8) is 0 Å². The summed E-state index contributed by atoms with van der Waals surface area (Å²) in [5.41, 5.74) is 2.43. The number of nitrogens with zero attached hydrogens (tertiary/aromatic N) is 1. The summed E-state index contributed by atoms with van der Waals surface area (Å²) in [5, 5.41) is 3.88. The number of carbonyl (C=O) groups excluding carboxylic acids is 1. The molecule has 2 aromatic rings. The van der Waals surface area contributed by atoms with Gasteiger partial charge in [-0.15, -0.1) is 0 Å². The molecular formula is C24H30N2O5. The summed E-state index contributed by atoms with van der Waals surface area (Å²) < 4.78 is 17.4. The van der Waals surface area contributed by atoms with Gasteiger partial charge in [-0.1, -0.05) is 0 Å². The molecule has 5 rings (SSSR count). The molecule has 3 heterocycles. The number of amides is 1. The van der Waals surface area contributed by atoms with Gasteiger partial charge in [0, 0.05) is 30.7 Å². The van der Waals surface area contributed by atoms with Crippen molar-refractivity contribution in [2.75, 3.05) is 26.3 Å². The lowest BCUT2D eigenvalue weighted by atomic mass is 10.0. The van der Waals surface area contributed by atoms with E-state index in [1.807, 2.05) is 26.0 Å². The fraction of sp³-hybridized carbons (Fsp3) is 0.583. The van der Waals surface area contributed by atoms with Crippen molar-refractivity contribution in [1.29, 1.82) is 0 Å². The first kappa shape index (κ1) is 20.5. The maximum atomic E-state index is 12.6. The Kier molecular flexibility index (Phi) is 5.26. The van der Waals surface area contributed by atoms with Crippen LogP contribution in [0.25, 0.3) is 11.0 Å². The van der Waals surface area contributed by atoms with Crippen LogP contribution in [0.5, 0.6) is 5.75 Å². The molecule has 2 saturated heterocycles. The number of carbonyl (C=O) groups is 1. The Labute approximate surface area is 181 Å². The molecule has 1 saturated carbocycles. The van der Waals surface area contributed by atoms with Gasteiger partial charge in [0.15, 0.2) is 6.61 Å². The van der Waals surface area contributed by atoms with Crippen LogP contribution in [0.2, 0.25) is 0 Å². The molecule has 2 aliphatic heterocycles. The van der Waals surface area contributed by atoms with Crippen molar-refractivity contribution in [3.8, 4) is 5.75 Å². The summed E-state index contributed by atoms with van der Waals surface area (Å²) in [6, 6.07) is 4.23. The Balaban J connectivity index is 1.23. The van der Waals surface area contributed by atoms with Crippen molar-refractivity contribution in [2.45, 2.75) is 58.2 Å². The zero-order valence-corrected chi connectivity index (χ0v) is 18.4. The maximum Gasteiger partial charge on any atom is 0.339 e. The van der Waals surface area contributed by atoms with Crippen LogP contribution in [0.1, 0.15) is 36.0 Å². The minimum absolute atomic E-state index is 0.0709. The number of fused-ring (bicyclic) bond motifs is 2. The Hall–Kier alpha value is -2.38. The van der Waals surface area contributed by atoms with Gasteiger partial charge in [0.05, 0.1) is 18.1 Å². The van der Waals surface area contributed by atoms with E-state index in [0.717, 1.165) is 48.5 Å². The lowest BCUT2D eigenvalue weighted by Crippen LogP contribution is -2.47. The van der Waals surface area contributed by atoms with E-state index in [1.54, 1.807) is 6.92 Å². The minimum atomic E-state index is -0.343. The third-order valence-electron chi connectivity index (χ3n) is 6.97. The molecule has 1 amide bonds. The molecule has 7 nitrogen and oxygen atoms in total. The van der Waals surface area contributed by atoms with E-state index < -0.39 is 0 Å². The normalized spacial score (nSPS) is 26.1. The fourth-order valence-corrected chi connectivity index (χ4v) is 4.97. The molecule has 7 heteroatoms. The summed E-state index contributed by atoms with van der Waals surface area (Å²) in [5.74, 6) is 1.17. The van der Waals surface area contributed by atoms with E-state index in [0.29, 0.717) is 29.0 Å². The smallest absolute Gasteiger partial charge is 0.339 e. The zero-order chi connectivity index (χ0) is 21.7. The van der Waals surface area contributed by atoms with Crippen LogP contribution in [-0.4, -0.2) is 55.3 Å². The molecule has 1 aromatic heterocycles. The zero-order valence-electron chi connectivity index (χ0n) is 18.4. The van der Waals surface area contributed by atoms with Crippen molar-refractivity contribution in [2.24, 2.45) is 5.92 Å². The first-order chi connectivity index (χ1) is 14.9. The number of hydrogen-bond acceptors (Lipinski definition) is 6. The Morgan fingerprint density at radius 2 is 2.00 bits per heavy atom. The average molecular weight is 427 g/mol. The molecule has 0 unspecified atom stereocenters. The van der Waals surface area contributed by atoms with Gasteiger partial charge in [0.1, 0.15) is 11.3 Å². The minimum Gasteiger partial charge on any atom is -0.483 e. The number of ether oxygens (including phenoxy) is 2. The third-order valence-corrected chi connectivity index (χ3v) is 6.97. The quantitative estimate of drug-likeness (QED) is 0.740. The maximum absolute atomic E-state index is 12.6. The first-order valence-corrected chi connectivity index (χ1v) is 11.2. The Morgan fingerprint density at radius 3 is 2.77 bits per heavy atom. The molecule has 3 fully saturated rings. The highest BCUT2D eigenvalue weighted by Gasteiger charge is 2.42. The molecule has 166 valence electrons. The highest BCUT2D eigenvalue weighted by molar-refractivity contribution is 5.88. The van der Waals surface area contributed by atoms with E-state index in [-0.39, 0.29) is 24.2 Å². The molecule has 0 spiro atoms. The molecule has 31 heavy (non-hydrogen) atoms. The number of morpholine rings is 1. The monoisotopic (exact) mass is 426 g/mol. The molecule has 3 aliphatic rings. The number of aryl methyl sites for hydroxylation is 2. The lowest BCUT2D eigenvalue weighted by molar-refractivity contribution is -0.123. The number of benzene rings is 1. The van der Waals surface area contributed by atoms with Crippen LogP contribution in [-0.2, 0) is 9.53 Å². The summed E-state index contributed by atoms with van der Waals surface area (Å²) in [7, 11) is 0. The van der Waals surface area contributed by atoms with E-state index in [2.05, 4.69) is 10.2 Å². The average Bonchev–Trinajstić information content (AvgIpc) is 3.50. The molecule has 0 bridgehead atoms. The second-order valence-corrected chi connectivity index (χ2v) is 9.38. The van der Waals surface area contributed by atoms with E-state index in [1.165, 1.54) is 12.8 Å². The van der Waals surface area contributed by atoms with Crippen molar-refractivity contribution in [3.05, 3.63) is 39.2 Å². The molecular weight excluding hydrogens is 396 g/mol. The number of nitrogens with one attached hydrogen (secondary N) is 1. The summed E-state index contributed by atoms with van der Waals surface area (Å²) >= 11 is 0. The second-order valence-electron chi connectivity index (χ2n) is 9.38. The largest absolute Gasteiger partial charge is 0.483 e. The van der Waals surface area contributed by atoms with E-state index >= 15 is 0 Å². The van der Waals surface area contributed by atoms with Crippen molar-refractivity contribution >= 4 is 16.9 Å². The summed E-state index contributed by atoms with van der Waals surface area (Å²) in [6.45, 7) is 8.08. The van der Waals surface area contributed by atoms with Gasteiger partial charge in [-0.25, -0.2) is 4.79 Å². The van der Waals surface area contributed by atoms with Gasteiger partial charge < -0.3 is 19.2 Å². The van der Waals surface area contributed by atoms with Gasteiger partial charge >= 0.3 is 5.63 Å². The standard InChI is InChI=1S/C24H30N2O5/c1-13-6-19(23-14(2)15(3)24(28)31-20(23)7-13)30-12-22(27)25-17-8-18-11-29-21(16-4-5-16)10-26(18)9-17/h6-7,16-18,21H,4-5,8-12H2,1-3H3,(H,25,27)/t17-,18-,21-/m0/s1.